The molecule has 0 saturated carbocycles. The Hall–Kier alpha value is -4.75. The zero-order valence-corrected chi connectivity index (χ0v) is 19.7. The molecule has 0 aliphatic carbocycles. The van der Waals surface area contributed by atoms with Crippen LogP contribution in [0.5, 0.6) is 0 Å². The molecule has 0 amide bonds. The van der Waals surface area contributed by atoms with Crippen LogP contribution in [0, 0.1) is 18.3 Å². The van der Waals surface area contributed by atoms with Crippen molar-refractivity contribution in [3.63, 3.8) is 0 Å². The van der Waals surface area contributed by atoms with Gasteiger partial charge in [0, 0.05) is 38.3 Å². The minimum atomic E-state index is 0.0284. The van der Waals surface area contributed by atoms with Crippen molar-refractivity contribution in [2.75, 3.05) is 0 Å². The van der Waals surface area contributed by atoms with Gasteiger partial charge in [0.15, 0.2) is 0 Å². The molecule has 0 bridgehead atoms. The topological polar surface area (TPSA) is 33.6 Å². The second kappa shape index (κ2) is 6.90. The van der Waals surface area contributed by atoms with Crippen LogP contribution in [0.25, 0.3) is 49.3 Å². The summed E-state index contributed by atoms with van der Waals surface area (Å²) in [6.45, 7) is 2.24. The molecule has 0 unspecified atom stereocenters. The Morgan fingerprint density at radius 1 is 0.639 bits per heavy atom. The molecule has 7 aromatic rings. The molecular formula is C32H20BN3. The van der Waals surface area contributed by atoms with Gasteiger partial charge in [-0.2, -0.15) is 5.26 Å². The molecule has 166 valence electrons. The van der Waals surface area contributed by atoms with Crippen molar-refractivity contribution in [2.45, 2.75) is 6.92 Å². The normalized spacial score (nSPS) is 12.5. The van der Waals surface area contributed by atoms with E-state index in [1.807, 2.05) is 12.1 Å². The number of fused-ring (bicyclic) bond motifs is 8. The minimum Gasteiger partial charge on any atom is -0.376 e. The van der Waals surface area contributed by atoms with Crippen LogP contribution in [-0.2, 0) is 0 Å². The third kappa shape index (κ3) is 2.32. The number of benzene rings is 5. The van der Waals surface area contributed by atoms with Crippen LogP contribution in [-0.4, -0.2) is 15.9 Å². The maximum Gasteiger partial charge on any atom is 0.332 e. The zero-order chi connectivity index (χ0) is 24.0. The number of para-hydroxylation sites is 4. The van der Waals surface area contributed by atoms with Gasteiger partial charge < -0.3 is 9.05 Å². The lowest BCUT2D eigenvalue weighted by Gasteiger charge is -2.28. The van der Waals surface area contributed by atoms with Gasteiger partial charge in [-0.1, -0.05) is 78.9 Å². The van der Waals surface area contributed by atoms with Crippen molar-refractivity contribution in [2.24, 2.45) is 0 Å². The Bertz CT molecular complexity index is 2090. The van der Waals surface area contributed by atoms with Crippen molar-refractivity contribution in [3.05, 3.63) is 114 Å². The Labute approximate surface area is 208 Å². The van der Waals surface area contributed by atoms with E-state index in [0.29, 0.717) is 5.56 Å². The number of nitriles is 1. The highest BCUT2D eigenvalue weighted by Gasteiger charge is 2.36. The van der Waals surface area contributed by atoms with E-state index in [1.54, 1.807) is 0 Å². The van der Waals surface area contributed by atoms with Crippen LogP contribution in [0.2, 0.25) is 0 Å². The van der Waals surface area contributed by atoms with Crippen molar-refractivity contribution in [3.8, 4) is 11.8 Å². The van der Waals surface area contributed by atoms with Gasteiger partial charge in [-0.3, -0.25) is 0 Å². The van der Waals surface area contributed by atoms with Gasteiger partial charge in [0.1, 0.15) is 0 Å². The van der Waals surface area contributed by atoms with Crippen LogP contribution >= 0.6 is 0 Å². The summed E-state index contributed by atoms with van der Waals surface area (Å²) in [6.07, 6.45) is 0. The summed E-state index contributed by atoms with van der Waals surface area (Å²) in [5.41, 5.74) is 10.5. The quantitative estimate of drug-likeness (QED) is 0.277. The lowest BCUT2D eigenvalue weighted by molar-refractivity contribution is 1.18. The van der Waals surface area contributed by atoms with Crippen molar-refractivity contribution in [1.82, 2.24) is 9.05 Å². The van der Waals surface area contributed by atoms with Crippen molar-refractivity contribution in [1.29, 1.82) is 5.26 Å². The average Bonchev–Trinajstić information content (AvgIpc) is 3.44. The molecule has 8 rings (SSSR count). The van der Waals surface area contributed by atoms with Crippen LogP contribution in [0.15, 0.2) is 103 Å². The van der Waals surface area contributed by atoms with E-state index in [1.165, 1.54) is 60.3 Å². The smallest absolute Gasteiger partial charge is 0.332 e. The van der Waals surface area contributed by atoms with Crippen LogP contribution in [0.1, 0.15) is 11.1 Å². The van der Waals surface area contributed by atoms with E-state index in [9.17, 15) is 5.26 Å². The number of aryl methyl sites for hydroxylation is 1. The largest absolute Gasteiger partial charge is 0.376 e. The number of nitrogens with zero attached hydrogens (tertiary/aromatic N) is 3. The molecule has 1 aliphatic heterocycles. The predicted molar refractivity (Wildman–Crippen MR) is 150 cm³/mol. The molecule has 2 aromatic heterocycles. The second-order valence-corrected chi connectivity index (χ2v) is 9.74. The fourth-order valence-electron chi connectivity index (χ4n) is 6.50. The van der Waals surface area contributed by atoms with Crippen LogP contribution in [0.3, 0.4) is 0 Å². The SMILES string of the molecule is Cc1cccc2c3ccccc3n(B3c4ccccc4-n4c5cc(C#N)ccc5c5cccc3c54)c12. The van der Waals surface area contributed by atoms with Gasteiger partial charge in [-0.25, -0.2) is 0 Å². The lowest BCUT2D eigenvalue weighted by Crippen LogP contribution is -2.53. The van der Waals surface area contributed by atoms with E-state index < -0.39 is 0 Å². The van der Waals surface area contributed by atoms with E-state index in [0.717, 1.165) is 5.52 Å². The van der Waals surface area contributed by atoms with Crippen LogP contribution in [0.4, 0.5) is 0 Å². The summed E-state index contributed by atoms with van der Waals surface area (Å²) in [5, 5.41) is 14.6. The summed E-state index contributed by atoms with van der Waals surface area (Å²) in [4.78, 5) is 0. The van der Waals surface area contributed by atoms with Crippen LogP contribution < -0.4 is 10.9 Å². The average molecular weight is 457 g/mol. The third-order valence-corrected chi connectivity index (χ3v) is 7.91. The van der Waals surface area contributed by atoms with Gasteiger partial charge in [0.2, 0.25) is 0 Å². The van der Waals surface area contributed by atoms with Gasteiger partial charge in [-0.15, -0.1) is 0 Å². The Balaban J connectivity index is 1.61. The molecule has 5 aromatic carbocycles. The number of hydrogen-bond acceptors (Lipinski definition) is 1. The molecule has 0 saturated heterocycles. The molecule has 3 nitrogen and oxygen atoms in total. The number of rotatable bonds is 1. The Kier molecular flexibility index (Phi) is 3.75. The molecule has 3 heterocycles. The first-order valence-electron chi connectivity index (χ1n) is 12.3. The monoisotopic (exact) mass is 457 g/mol. The molecule has 0 spiro atoms. The maximum atomic E-state index is 9.63. The summed E-state index contributed by atoms with van der Waals surface area (Å²) in [7, 11) is 0. The first-order valence-corrected chi connectivity index (χ1v) is 12.3. The summed E-state index contributed by atoms with van der Waals surface area (Å²) in [6, 6.07) is 39.2. The molecule has 36 heavy (non-hydrogen) atoms. The standard InChI is InChI=1S/C32H20BN3/c1-20-8-6-10-24-22-9-2-4-14-28(22)36(31(20)24)33-26-12-3-5-15-29(26)35-30-18-21(19-34)16-17-23(30)25-11-7-13-27(33)32(25)35/h2-18H,1H3. The molecule has 0 radical (unpaired) electrons. The maximum absolute atomic E-state index is 9.63. The highest BCUT2D eigenvalue weighted by Crippen LogP contribution is 2.36. The van der Waals surface area contributed by atoms with Gasteiger partial charge in [0.25, 0.3) is 0 Å². The van der Waals surface area contributed by atoms with Gasteiger partial charge >= 0.3 is 6.85 Å². The first kappa shape index (κ1) is 19.5. The molecule has 1 aliphatic rings. The van der Waals surface area contributed by atoms with E-state index >= 15 is 0 Å². The molecule has 4 heteroatoms. The molecule has 0 N–H and O–H groups in total. The summed E-state index contributed by atoms with van der Waals surface area (Å²) < 4.78 is 4.92. The molecule has 0 fully saturated rings. The highest BCUT2D eigenvalue weighted by atomic mass is 15.0. The van der Waals surface area contributed by atoms with Crippen molar-refractivity contribution >= 4 is 61.4 Å². The highest BCUT2D eigenvalue weighted by molar-refractivity contribution is 6.88. The fraction of sp³-hybridized carbons (Fsp3) is 0.0312. The minimum absolute atomic E-state index is 0.0284. The number of aromatic nitrogens is 2. The molecular weight excluding hydrogens is 437 g/mol. The zero-order valence-electron chi connectivity index (χ0n) is 19.7. The molecule has 0 atom stereocenters. The van der Waals surface area contributed by atoms with Gasteiger partial charge in [-0.05, 0) is 47.7 Å². The van der Waals surface area contributed by atoms with E-state index in [-0.39, 0.29) is 6.85 Å². The third-order valence-electron chi connectivity index (χ3n) is 7.91. The van der Waals surface area contributed by atoms with Gasteiger partial charge in [0.05, 0.1) is 22.7 Å². The fourth-order valence-corrected chi connectivity index (χ4v) is 6.50. The van der Waals surface area contributed by atoms with E-state index in [4.69, 9.17) is 0 Å². The van der Waals surface area contributed by atoms with E-state index in [2.05, 4.69) is 113 Å². The summed E-state index contributed by atoms with van der Waals surface area (Å²) >= 11 is 0. The Morgan fingerprint density at radius 2 is 1.33 bits per heavy atom. The first-order chi connectivity index (χ1) is 17.8. The number of hydrogen-bond donors (Lipinski definition) is 0. The Morgan fingerprint density at radius 3 is 2.22 bits per heavy atom. The summed E-state index contributed by atoms with van der Waals surface area (Å²) in [5.74, 6) is 0. The predicted octanol–water partition coefficient (Wildman–Crippen LogP) is 6.04. The second-order valence-electron chi connectivity index (χ2n) is 9.74. The lowest BCUT2D eigenvalue weighted by atomic mass is 9.48. The van der Waals surface area contributed by atoms with Crippen molar-refractivity contribution < 1.29 is 0 Å².